The highest BCUT2D eigenvalue weighted by Gasteiger charge is 2.30. The van der Waals surface area contributed by atoms with Crippen LogP contribution >= 0.6 is 0 Å². The summed E-state index contributed by atoms with van der Waals surface area (Å²) in [5.74, 6) is 0.191. The first-order chi connectivity index (χ1) is 14.3. The molecule has 1 fully saturated rings. The average molecular weight is 414 g/mol. The number of benzene rings is 1. The van der Waals surface area contributed by atoms with Crippen molar-refractivity contribution in [3.05, 3.63) is 52.3 Å². The summed E-state index contributed by atoms with van der Waals surface area (Å²) in [5, 5.41) is 13.7. The van der Waals surface area contributed by atoms with Gasteiger partial charge in [-0.2, -0.15) is 0 Å². The zero-order valence-electron chi connectivity index (χ0n) is 17.3. The van der Waals surface area contributed by atoms with Gasteiger partial charge in [-0.05, 0) is 49.4 Å². The highest BCUT2D eigenvalue weighted by Crippen LogP contribution is 2.29. The lowest BCUT2D eigenvalue weighted by Gasteiger charge is -2.35. The number of nitro benzene ring substituents is 1. The van der Waals surface area contributed by atoms with E-state index in [0.29, 0.717) is 23.2 Å². The number of nitro groups is 1. The molecule has 1 aromatic heterocycles. The molecule has 1 heterocycles. The molecule has 0 aliphatic heterocycles. The molecule has 1 aliphatic carbocycles. The number of ether oxygens (including phenoxy) is 1. The topological polar surface area (TPSA) is 112 Å². The Balaban J connectivity index is 1.59. The van der Waals surface area contributed by atoms with E-state index in [0.717, 1.165) is 19.3 Å². The summed E-state index contributed by atoms with van der Waals surface area (Å²) >= 11 is 0. The van der Waals surface area contributed by atoms with E-state index in [-0.39, 0.29) is 23.4 Å². The van der Waals surface area contributed by atoms with Crippen LogP contribution < -0.4 is 5.32 Å². The van der Waals surface area contributed by atoms with Crippen molar-refractivity contribution in [2.75, 3.05) is 0 Å². The molecule has 160 valence electrons. The SMILES string of the molecule is C[C@H]1[C@H](C)CCC[C@H]1NC(=O)[C@@H](C)OC(=O)c1ccc(-c2ccc([N+](=O)[O-])cc2)o1. The highest BCUT2D eigenvalue weighted by molar-refractivity contribution is 5.90. The van der Waals surface area contributed by atoms with Crippen LogP contribution in [0.5, 0.6) is 0 Å². The number of esters is 1. The van der Waals surface area contributed by atoms with Gasteiger partial charge < -0.3 is 14.5 Å². The lowest BCUT2D eigenvalue weighted by molar-refractivity contribution is -0.384. The maximum absolute atomic E-state index is 12.5. The molecular weight excluding hydrogens is 388 g/mol. The second-order valence-corrected chi connectivity index (χ2v) is 7.90. The fourth-order valence-corrected chi connectivity index (χ4v) is 3.71. The molecule has 3 rings (SSSR count). The molecule has 1 aliphatic rings. The van der Waals surface area contributed by atoms with Crippen molar-refractivity contribution in [1.82, 2.24) is 5.32 Å². The van der Waals surface area contributed by atoms with E-state index in [2.05, 4.69) is 19.2 Å². The van der Waals surface area contributed by atoms with Gasteiger partial charge in [0.2, 0.25) is 5.76 Å². The first kappa shape index (κ1) is 21.5. The number of nitrogens with zero attached hydrogens (tertiary/aromatic N) is 1. The fourth-order valence-electron chi connectivity index (χ4n) is 3.71. The lowest BCUT2D eigenvalue weighted by atomic mass is 9.78. The molecule has 0 radical (unpaired) electrons. The Morgan fingerprint density at radius 3 is 2.53 bits per heavy atom. The molecule has 0 bridgehead atoms. The van der Waals surface area contributed by atoms with Gasteiger partial charge >= 0.3 is 5.97 Å². The normalized spacial score (nSPS) is 22.2. The van der Waals surface area contributed by atoms with Gasteiger partial charge in [0.15, 0.2) is 6.10 Å². The summed E-state index contributed by atoms with van der Waals surface area (Å²) in [7, 11) is 0. The van der Waals surface area contributed by atoms with Crippen LogP contribution in [-0.4, -0.2) is 28.9 Å². The minimum absolute atomic E-state index is 0.0357. The minimum Gasteiger partial charge on any atom is -0.449 e. The summed E-state index contributed by atoms with van der Waals surface area (Å²) in [6.07, 6.45) is 2.21. The lowest BCUT2D eigenvalue weighted by Crippen LogP contribution is -2.47. The number of amides is 1. The third-order valence-electron chi connectivity index (χ3n) is 5.86. The quantitative estimate of drug-likeness (QED) is 0.427. The van der Waals surface area contributed by atoms with Gasteiger partial charge in [0.1, 0.15) is 5.76 Å². The van der Waals surface area contributed by atoms with E-state index in [4.69, 9.17) is 9.15 Å². The second kappa shape index (κ2) is 9.11. The summed E-state index contributed by atoms with van der Waals surface area (Å²) in [4.78, 5) is 35.1. The number of carbonyl (C=O) groups is 2. The van der Waals surface area contributed by atoms with E-state index in [1.54, 1.807) is 6.07 Å². The molecular formula is C22H26N2O6. The van der Waals surface area contributed by atoms with Gasteiger partial charge in [0.25, 0.3) is 11.6 Å². The molecule has 2 aromatic rings. The van der Waals surface area contributed by atoms with E-state index >= 15 is 0 Å². The standard InChI is InChI=1S/C22H26N2O6/c1-13-5-4-6-18(14(13)2)23-21(25)15(3)29-22(26)20-12-11-19(30-20)16-7-9-17(10-8-16)24(27)28/h7-15,18H,4-6H2,1-3H3,(H,23,25)/t13-,14+,15-,18-/m1/s1. The van der Waals surface area contributed by atoms with Crippen LogP contribution in [0.2, 0.25) is 0 Å². The van der Waals surface area contributed by atoms with Crippen molar-refractivity contribution in [3.8, 4) is 11.3 Å². The fraction of sp³-hybridized carbons (Fsp3) is 0.455. The first-order valence-electron chi connectivity index (χ1n) is 10.1. The van der Waals surface area contributed by atoms with Crippen molar-refractivity contribution in [3.63, 3.8) is 0 Å². The number of carbonyl (C=O) groups excluding carboxylic acids is 2. The number of rotatable bonds is 6. The van der Waals surface area contributed by atoms with Crippen molar-refractivity contribution in [2.45, 2.75) is 52.2 Å². The van der Waals surface area contributed by atoms with Crippen LogP contribution in [0.25, 0.3) is 11.3 Å². The number of furan rings is 1. The number of hydrogen-bond acceptors (Lipinski definition) is 6. The monoisotopic (exact) mass is 414 g/mol. The van der Waals surface area contributed by atoms with Gasteiger partial charge in [-0.3, -0.25) is 14.9 Å². The Morgan fingerprint density at radius 1 is 1.17 bits per heavy atom. The van der Waals surface area contributed by atoms with E-state index in [9.17, 15) is 19.7 Å². The minimum atomic E-state index is -0.949. The molecule has 30 heavy (non-hydrogen) atoms. The van der Waals surface area contributed by atoms with Crippen LogP contribution in [0, 0.1) is 22.0 Å². The summed E-state index contributed by atoms with van der Waals surface area (Å²) in [6, 6.07) is 8.90. The number of hydrogen-bond donors (Lipinski definition) is 1. The molecule has 1 amide bonds. The predicted molar refractivity (Wildman–Crippen MR) is 110 cm³/mol. The first-order valence-corrected chi connectivity index (χ1v) is 10.1. The second-order valence-electron chi connectivity index (χ2n) is 7.90. The average Bonchev–Trinajstić information content (AvgIpc) is 3.22. The van der Waals surface area contributed by atoms with E-state index in [1.165, 1.54) is 37.3 Å². The largest absolute Gasteiger partial charge is 0.449 e. The van der Waals surface area contributed by atoms with Crippen molar-refractivity contribution in [2.24, 2.45) is 11.8 Å². The number of nitrogens with one attached hydrogen (secondary N) is 1. The zero-order chi connectivity index (χ0) is 21.8. The Labute approximate surface area is 174 Å². The molecule has 0 spiro atoms. The number of non-ortho nitro benzene ring substituents is 1. The van der Waals surface area contributed by atoms with Crippen molar-refractivity contribution >= 4 is 17.6 Å². The Morgan fingerprint density at radius 2 is 1.87 bits per heavy atom. The zero-order valence-corrected chi connectivity index (χ0v) is 17.3. The molecule has 1 aromatic carbocycles. The molecule has 4 atom stereocenters. The third-order valence-corrected chi connectivity index (χ3v) is 5.86. The van der Waals surface area contributed by atoms with Gasteiger partial charge in [-0.15, -0.1) is 0 Å². The Kier molecular flexibility index (Phi) is 6.54. The van der Waals surface area contributed by atoms with Crippen LogP contribution in [0.4, 0.5) is 5.69 Å². The summed E-state index contributed by atoms with van der Waals surface area (Å²) in [6.45, 7) is 5.85. The molecule has 8 heteroatoms. The molecule has 0 saturated heterocycles. The molecule has 1 N–H and O–H groups in total. The summed E-state index contributed by atoms with van der Waals surface area (Å²) in [5.41, 5.74) is 0.553. The smallest absolute Gasteiger partial charge is 0.375 e. The third kappa shape index (κ3) is 4.87. The maximum atomic E-state index is 12.5. The van der Waals surface area contributed by atoms with Crippen LogP contribution in [0.15, 0.2) is 40.8 Å². The van der Waals surface area contributed by atoms with Gasteiger partial charge in [0, 0.05) is 23.7 Å². The Hall–Kier alpha value is -3.16. The Bertz CT molecular complexity index is 920. The van der Waals surface area contributed by atoms with Crippen LogP contribution in [-0.2, 0) is 9.53 Å². The van der Waals surface area contributed by atoms with E-state index in [1.807, 2.05) is 0 Å². The summed E-state index contributed by atoms with van der Waals surface area (Å²) < 4.78 is 10.8. The van der Waals surface area contributed by atoms with Crippen LogP contribution in [0.3, 0.4) is 0 Å². The van der Waals surface area contributed by atoms with E-state index < -0.39 is 17.0 Å². The van der Waals surface area contributed by atoms with Gasteiger partial charge in [-0.25, -0.2) is 4.79 Å². The van der Waals surface area contributed by atoms with Gasteiger partial charge in [0.05, 0.1) is 4.92 Å². The molecule has 0 unspecified atom stereocenters. The predicted octanol–water partition coefficient (Wildman–Crippen LogP) is 4.34. The van der Waals surface area contributed by atoms with Crippen molar-refractivity contribution in [1.29, 1.82) is 0 Å². The maximum Gasteiger partial charge on any atom is 0.375 e. The van der Waals surface area contributed by atoms with Crippen LogP contribution in [0.1, 0.15) is 50.6 Å². The molecule has 8 nitrogen and oxygen atoms in total. The highest BCUT2D eigenvalue weighted by atomic mass is 16.6. The molecule has 1 saturated carbocycles. The van der Waals surface area contributed by atoms with Crippen molar-refractivity contribution < 1.29 is 23.7 Å². The van der Waals surface area contributed by atoms with Gasteiger partial charge in [-0.1, -0.05) is 26.7 Å².